The van der Waals surface area contributed by atoms with E-state index in [0.29, 0.717) is 11.6 Å². The molecule has 0 saturated carbocycles. The zero-order valence-electron chi connectivity index (χ0n) is 9.93. The lowest BCUT2D eigenvalue weighted by atomic mass is 9.95. The predicted molar refractivity (Wildman–Crippen MR) is 70.0 cm³/mol. The molecule has 2 atom stereocenters. The van der Waals surface area contributed by atoms with Gasteiger partial charge in [-0.15, -0.1) is 0 Å². The van der Waals surface area contributed by atoms with Gasteiger partial charge in [-0.2, -0.15) is 0 Å². The Balaban J connectivity index is 2.18. The van der Waals surface area contributed by atoms with Gasteiger partial charge in [-0.3, -0.25) is 0 Å². The van der Waals surface area contributed by atoms with Crippen LogP contribution in [0.3, 0.4) is 0 Å². The van der Waals surface area contributed by atoms with E-state index >= 15 is 0 Å². The van der Waals surface area contributed by atoms with Crippen molar-refractivity contribution in [3.63, 3.8) is 0 Å². The molecule has 0 aliphatic carbocycles. The van der Waals surface area contributed by atoms with Gasteiger partial charge in [-0.25, -0.2) is 9.97 Å². The SMILES string of the molecule is CC1OCCC1(C)Nc1nccc(C(N)=S)n1. The molecule has 0 radical (unpaired) electrons. The highest BCUT2D eigenvalue weighted by molar-refractivity contribution is 7.80. The number of hydrogen-bond donors (Lipinski definition) is 2. The summed E-state index contributed by atoms with van der Waals surface area (Å²) in [5.41, 5.74) is 5.97. The molecule has 92 valence electrons. The lowest BCUT2D eigenvalue weighted by Gasteiger charge is -2.28. The van der Waals surface area contributed by atoms with Crippen LogP contribution in [0, 0.1) is 0 Å². The molecule has 2 rings (SSSR count). The summed E-state index contributed by atoms with van der Waals surface area (Å²) in [5, 5.41) is 3.30. The van der Waals surface area contributed by atoms with Crippen molar-refractivity contribution in [3.8, 4) is 0 Å². The van der Waals surface area contributed by atoms with Crippen molar-refractivity contribution in [3.05, 3.63) is 18.0 Å². The van der Waals surface area contributed by atoms with Crippen molar-refractivity contribution in [2.45, 2.75) is 31.9 Å². The monoisotopic (exact) mass is 252 g/mol. The van der Waals surface area contributed by atoms with E-state index < -0.39 is 0 Å². The fourth-order valence-corrected chi connectivity index (χ4v) is 1.92. The molecule has 5 nitrogen and oxygen atoms in total. The summed E-state index contributed by atoms with van der Waals surface area (Å²) in [6.45, 7) is 4.89. The number of rotatable bonds is 3. The Morgan fingerprint density at radius 1 is 1.71 bits per heavy atom. The molecule has 1 aliphatic heterocycles. The van der Waals surface area contributed by atoms with Crippen LogP contribution in [-0.4, -0.2) is 33.2 Å². The standard InChI is InChI=1S/C11H16N4OS/c1-7-11(2,4-6-16-7)15-10-13-5-3-8(14-10)9(12)17/h3,5,7H,4,6H2,1-2H3,(H2,12,17)(H,13,14,15). The van der Waals surface area contributed by atoms with E-state index in [-0.39, 0.29) is 16.6 Å². The summed E-state index contributed by atoms with van der Waals surface area (Å²) in [4.78, 5) is 8.72. The van der Waals surface area contributed by atoms with E-state index in [1.54, 1.807) is 12.3 Å². The molecule has 1 fully saturated rings. The Kier molecular flexibility index (Phi) is 3.26. The normalized spacial score (nSPS) is 28.0. The average molecular weight is 252 g/mol. The highest BCUT2D eigenvalue weighted by Gasteiger charge is 2.37. The van der Waals surface area contributed by atoms with Crippen LogP contribution in [0.4, 0.5) is 5.95 Å². The lowest BCUT2D eigenvalue weighted by Crippen LogP contribution is -2.41. The molecule has 0 amide bonds. The molecule has 17 heavy (non-hydrogen) atoms. The maximum Gasteiger partial charge on any atom is 0.223 e. The van der Waals surface area contributed by atoms with E-state index in [9.17, 15) is 0 Å². The van der Waals surface area contributed by atoms with E-state index in [0.717, 1.165) is 13.0 Å². The van der Waals surface area contributed by atoms with Crippen molar-refractivity contribution in [1.29, 1.82) is 0 Å². The summed E-state index contributed by atoms with van der Waals surface area (Å²) in [6, 6.07) is 1.70. The van der Waals surface area contributed by atoms with Crippen LogP contribution < -0.4 is 11.1 Å². The van der Waals surface area contributed by atoms with E-state index in [4.69, 9.17) is 22.7 Å². The summed E-state index contributed by atoms with van der Waals surface area (Å²) >= 11 is 4.89. The molecule has 1 aromatic heterocycles. The van der Waals surface area contributed by atoms with Gasteiger partial charge in [0.25, 0.3) is 0 Å². The van der Waals surface area contributed by atoms with Crippen LogP contribution in [0.1, 0.15) is 26.0 Å². The second-order valence-electron chi connectivity index (χ2n) is 4.44. The molecule has 3 N–H and O–H groups in total. The first-order chi connectivity index (χ1) is 8.01. The third kappa shape index (κ3) is 2.53. The Bertz CT molecular complexity index is 439. The van der Waals surface area contributed by atoms with Crippen molar-refractivity contribution >= 4 is 23.2 Å². The fourth-order valence-electron chi connectivity index (χ4n) is 1.81. The number of aromatic nitrogens is 2. The van der Waals surface area contributed by atoms with Gasteiger partial charge in [0.1, 0.15) is 10.7 Å². The topological polar surface area (TPSA) is 73.1 Å². The minimum Gasteiger partial charge on any atom is -0.388 e. The molecule has 2 unspecified atom stereocenters. The summed E-state index contributed by atoms with van der Waals surface area (Å²) < 4.78 is 5.55. The van der Waals surface area contributed by atoms with Gasteiger partial charge in [0.05, 0.1) is 11.6 Å². The molecular weight excluding hydrogens is 236 g/mol. The highest BCUT2D eigenvalue weighted by Crippen LogP contribution is 2.28. The summed E-state index contributed by atoms with van der Waals surface area (Å²) in [6.07, 6.45) is 2.70. The van der Waals surface area contributed by atoms with Gasteiger partial charge in [-0.1, -0.05) is 12.2 Å². The second kappa shape index (κ2) is 4.54. The van der Waals surface area contributed by atoms with Gasteiger partial charge < -0.3 is 15.8 Å². The molecule has 0 bridgehead atoms. The van der Waals surface area contributed by atoms with Crippen molar-refractivity contribution in [2.24, 2.45) is 5.73 Å². The van der Waals surface area contributed by atoms with Crippen LogP contribution in [-0.2, 0) is 4.74 Å². The first-order valence-electron chi connectivity index (χ1n) is 5.54. The smallest absolute Gasteiger partial charge is 0.223 e. The molecular formula is C11H16N4OS. The second-order valence-corrected chi connectivity index (χ2v) is 4.88. The van der Waals surface area contributed by atoms with Crippen molar-refractivity contribution < 1.29 is 4.74 Å². The molecule has 1 saturated heterocycles. The van der Waals surface area contributed by atoms with Gasteiger partial charge in [-0.05, 0) is 26.3 Å². The minimum absolute atomic E-state index is 0.125. The number of anilines is 1. The lowest BCUT2D eigenvalue weighted by molar-refractivity contribution is 0.105. The number of nitrogens with one attached hydrogen (secondary N) is 1. The molecule has 0 aromatic carbocycles. The van der Waals surface area contributed by atoms with Crippen LogP contribution in [0.25, 0.3) is 0 Å². The van der Waals surface area contributed by atoms with Gasteiger partial charge >= 0.3 is 0 Å². The first kappa shape index (κ1) is 12.2. The third-order valence-corrected chi connectivity index (χ3v) is 3.40. The molecule has 6 heteroatoms. The number of thiocarbonyl (C=S) groups is 1. The number of hydrogen-bond acceptors (Lipinski definition) is 5. The zero-order valence-corrected chi connectivity index (χ0v) is 10.8. The van der Waals surface area contributed by atoms with Crippen molar-refractivity contribution in [2.75, 3.05) is 11.9 Å². The van der Waals surface area contributed by atoms with Gasteiger partial charge in [0.15, 0.2) is 0 Å². The number of nitrogens with zero attached hydrogens (tertiary/aromatic N) is 2. The van der Waals surface area contributed by atoms with Gasteiger partial charge in [0.2, 0.25) is 5.95 Å². The largest absolute Gasteiger partial charge is 0.388 e. The number of ether oxygens (including phenoxy) is 1. The molecule has 1 aliphatic rings. The maximum atomic E-state index is 5.55. The van der Waals surface area contributed by atoms with Crippen LogP contribution in [0.15, 0.2) is 12.3 Å². The first-order valence-corrected chi connectivity index (χ1v) is 5.95. The van der Waals surface area contributed by atoms with E-state index in [2.05, 4.69) is 22.2 Å². The minimum atomic E-state index is -0.144. The van der Waals surface area contributed by atoms with Crippen LogP contribution in [0.2, 0.25) is 0 Å². The number of nitrogens with two attached hydrogens (primary N) is 1. The summed E-state index contributed by atoms with van der Waals surface area (Å²) in [5.74, 6) is 0.537. The Labute approximate surface area is 106 Å². The Morgan fingerprint density at radius 3 is 3.06 bits per heavy atom. The maximum absolute atomic E-state index is 5.55. The van der Waals surface area contributed by atoms with Gasteiger partial charge in [0, 0.05) is 12.8 Å². The highest BCUT2D eigenvalue weighted by atomic mass is 32.1. The predicted octanol–water partition coefficient (Wildman–Crippen LogP) is 1.09. The average Bonchev–Trinajstić information content (AvgIpc) is 2.59. The van der Waals surface area contributed by atoms with Crippen molar-refractivity contribution in [1.82, 2.24) is 9.97 Å². The molecule has 2 heterocycles. The Morgan fingerprint density at radius 2 is 2.47 bits per heavy atom. The molecule has 1 aromatic rings. The Hall–Kier alpha value is -1.27. The quantitative estimate of drug-likeness (QED) is 0.785. The zero-order chi connectivity index (χ0) is 12.5. The van der Waals surface area contributed by atoms with E-state index in [1.165, 1.54) is 0 Å². The van der Waals surface area contributed by atoms with Crippen LogP contribution >= 0.6 is 12.2 Å². The molecule has 0 spiro atoms. The fraction of sp³-hybridized carbons (Fsp3) is 0.545. The third-order valence-electron chi connectivity index (χ3n) is 3.19. The summed E-state index contributed by atoms with van der Waals surface area (Å²) in [7, 11) is 0. The van der Waals surface area contributed by atoms with E-state index in [1.807, 2.05) is 6.92 Å². The van der Waals surface area contributed by atoms with Crippen LogP contribution in [0.5, 0.6) is 0 Å².